The van der Waals surface area contributed by atoms with Crippen LogP contribution in [-0.4, -0.2) is 23.1 Å². The lowest BCUT2D eigenvalue weighted by atomic mass is 10.1. The third-order valence-corrected chi connectivity index (χ3v) is 3.96. The first-order valence-electron chi connectivity index (χ1n) is 8.11. The number of benzene rings is 1. The van der Waals surface area contributed by atoms with Crippen LogP contribution in [0.1, 0.15) is 53.2 Å². The van der Waals surface area contributed by atoms with Crippen molar-refractivity contribution in [3.05, 3.63) is 52.9 Å². The smallest absolute Gasteiger partial charge is 0.344 e. The zero-order chi connectivity index (χ0) is 17.1. The molecule has 1 N–H and O–H groups in total. The van der Waals surface area contributed by atoms with Gasteiger partial charge in [-0.25, -0.2) is 4.79 Å². The molecule has 0 saturated heterocycles. The number of hydrogen-bond donors (Lipinski definition) is 1. The number of ether oxygens (including phenoxy) is 1. The normalized spacial score (nSPS) is 14.9. The number of aromatic nitrogens is 1. The second-order valence-corrected chi connectivity index (χ2v) is 5.89. The van der Waals surface area contributed by atoms with Gasteiger partial charge < -0.3 is 14.6 Å². The number of carbonyl (C=O) groups is 2. The molecule has 0 radical (unpaired) electrons. The second kappa shape index (κ2) is 6.86. The molecule has 1 saturated carbocycles. The number of carbonyl (C=O) groups excluding carboxylic acids is 2. The number of hydrogen-bond acceptors (Lipinski definition) is 5. The van der Waals surface area contributed by atoms with Crippen LogP contribution in [0.2, 0.25) is 0 Å². The van der Waals surface area contributed by atoms with Gasteiger partial charge >= 0.3 is 5.97 Å². The predicted octanol–water partition coefficient (Wildman–Crippen LogP) is 2.72. The van der Waals surface area contributed by atoms with Gasteiger partial charge in [-0.1, -0.05) is 42.4 Å². The van der Waals surface area contributed by atoms with E-state index in [9.17, 15) is 9.59 Å². The summed E-state index contributed by atoms with van der Waals surface area (Å²) >= 11 is 0. The van der Waals surface area contributed by atoms with E-state index in [1.165, 1.54) is 0 Å². The molecule has 1 aromatic heterocycles. The minimum Gasteiger partial charge on any atom is -0.444 e. The van der Waals surface area contributed by atoms with Crippen LogP contribution in [0.25, 0.3) is 0 Å². The topological polar surface area (TPSA) is 81.4 Å². The van der Waals surface area contributed by atoms with Crippen LogP contribution in [0, 0.1) is 6.92 Å². The van der Waals surface area contributed by atoms with E-state index in [4.69, 9.17) is 9.26 Å². The lowest BCUT2D eigenvalue weighted by Crippen LogP contribution is -2.33. The summed E-state index contributed by atoms with van der Waals surface area (Å²) in [6, 6.07) is 9.19. The molecule has 1 aromatic carbocycles. The molecule has 24 heavy (non-hydrogen) atoms. The molecule has 6 nitrogen and oxygen atoms in total. The zero-order valence-corrected chi connectivity index (χ0v) is 13.7. The van der Waals surface area contributed by atoms with Crippen LogP contribution < -0.4 is 5.32 Å². The average Bonchev–Trinajstić information content (AvgIpc) is 3.32. The highest BCUT2D eigenvalue weighted by Crippen LogP contribution is 2.25. The fraction of sp³-hybridized carbons (Fsp3) is 0.389. The lowest BCUT2D eigenvalue weighted by Gasteiger charge is -2.18. The third-order valence-electron chi connectivity index (χ3n) is 3.96. The van der Waals surface area contributed by atoms with Crippen LogP contribution in [0.4, 0.5) is 0 Å². The summed E-state index contributed by atoms with van der Waals surface area (Å²) in [5.41, 5.74) is 1.47. The number of nitrogens with zero attached hydrogens (tertiary/aromatic N) is 1. The lowest BCUT2D eigenvalue weighted by molar-refractivity contribution is -0.130. The van der Waals surface area contributed by atoms with Crippen molar-refractivity contribution in [1.29, 1.82) is 0 Å². The minimum atomic E-state index is -0.988. The van der Waals surface area contributed by atoms with Crippen molar-refractivity contribution in [2.24, 2.45) is 0 Å². The standard InChI is InChI=1S/C18H20N2O4/c1-3-14-15(11(2)24-20-14)18(22)23-16(12-7-5-4-6-8-12)17(21)19-13-9-10-13/h4-8,13,16H,3,9-10H2,1-2H3,(H,19,21). The number of nitrogens with one attached hydrogen (secondary N) is 1. The highest BCUT2D eigenvalue weighted by atomic mass is 16.6. The van der Waals surface area contributed by atoms with Gasteiger partial charge in [-0.2, -0.15) is 0 Å². The highest BCUT2D eigenvalue weighted by Gasteiger charge is 2.32. The van der Waals surface area contributed by atoms with Crippen molar-refractivity contribution in [1.82, 2.24) is 10.5 Å². The van der Waals surface area contributed by atoms with Crippen molar-refractivity contribution < 1.29 is 18.8 Å². The van der Waals surface area contributed by atoms with Crippen LogP contribution in [0.15, 0.2) is 34.9 Å². The maximum Gasteiger partial charge on any atom is 0.344 e. The number of amides is 1. The molecule has 1 fully saturated rings. The first kappa shape index (κ1) is 16.2. The molecule has 0 spiro atoms. The molecule has 1 amide bonds. The van der Waals surface area contributed by atoms with E-state index in [1.807, 2.05) is 25.1 Å². The monoisotopic (exact) mass is 328 g/mol. The Morgan fingerprint density at radius 3 is 2.67 bits per heavy atom. The summed E-state index contributed by atoms with van der Waals surface area (Å²) in [4.78, 5) is 25.1. The van der Waals surface area contributed by atoms with Gasteiger partial charge in [-0.15, -0.1) is 0 Å². The number of rotatable bonds is 6. The van der Waals surface area contributed by atoms with Crippen molar-refractivity contribution in [2.75, 3.05) is 0 Å². The summed E-state index contributed by atoms with van der Waals surface area (Å²) < 4.78 is 10.6. The Balaban J connectivity index is 1.84. The summed E-state index contributed by atoms with van der Waals surface area (Å²) in [5, 5.41) is 6.75. The van der Waals surface area contributed by atoms with E-state index < -0.39 is 12.1 Å². The zero-order valence-electron chi connectivity index (χ0n) is 13.7. The molecule has 1 aliphatic rings. The van der Waals surface area contributed by atoms with E-state index in [0.29, 0.717) is 29.0 Å². The van der Waals surface area contributed by atoms with E-state index in [0.717, 1.165) is 12.8 Å². The second-order valence-electron chi connectivity index (χ2n) is 5.89. The molecule has 2 aromatic rings. The molecule has 1 aliphatic carbocycles. The van der Waals surface area contributed by atoms with Crippen molar-refractivity contribution in [2.45, 2.75) is 45.3 Å². The van der Waals surface area contributed by atoms with Gasteiger partial charge in [0.15, 0.2) is 0 Å². The molecule has 3 rings (SSSR count). The Labute approximate surface area is 140 Å². The van der Waals surface area contributed by atoms with Gasteiger partial charge in [0.1, 0.15) is 11.3 Å². The largest absolute Gasteiger partial charge is 0.444 e. The van der Waals surface area contributed by atoms with Crippen molar-refractivity contribution in [3.8, 4) is 0 Å². The van der Waals surface area contributed by atoms with Crippen molar-refractivity contribution in [3.63, 3.8) is 0 Å². The van der Waals surface area contributed by atoms with Gasteiger partial charge in [0.25, 0.3) is 5.91 Å². The molecular weight excluding hydrogens is 308 g/mol. The Hall–Kier alpha value is -2.63. The Morgan fingerprint density at radius 2 is 2.04 bits per heavy atom. The van der Waals surface area contributed by atoms with Gasteiger partial charge in [-0.05, 0) is 26.2 Å². The molecule has 1 atom stereocenters. The van der Waals surface area contributed by atoms with Gasteiger partial charge in [0.05, 0.1) is 5.69 Å². The van der Waals surface area contributed by atoms with E-state index in [2.05, 4.69) is 10.5 Å². The van der Waals surface area contributed by atoms with Crippen LogP contribution in [0.3, 0.4) is 0 Å². The average molecular weight is 328 g/mol. The van der Waals surface area contributed by atoms with Gasteiger partial charge in [-0.3, -0.25) is 4.79 Å². The van der Waals surface area contributed by atoms with E-state index >= 15 is 0 Å². The van der Waals surface area contributed by atoms with E-state index in [1.54, 1.807) is 19.1 Å². The minimum absolute atomic E-state index is 0.186. The molecule has 1 heterocycles. The first-order valence-corrected chi connectivity index (χ1v) is 8.11. The molecule has 0 aliphatic heterocycles. The van der Waals surface area contributed by atoms with Crippen LogP contribution >= 0.6 is 0 Å². The SMILES string of the molecule is CCc1noc(C)c1C(=O)OC(C(=O)NC1CC1)c1ccccc1. The maximum atomic E-state index is 12.6. The summed E-state index contributed by atoms with van der Waals surface area (Å²) in [5.74, 6) is -0.499. The summed E-state index contributed by atoms with van der Waals surface area (Å²) in [6.07, 6.45) is 1.49. The number of aryl methyl sites for hydroxylation is 2. The Bertz CT molecular complexity index is 735. The third kappa shape index (κ3) is 3.48. The molecule has 1 unspecified atom stereocenters. The first-order chi connectivity index (χ1) is 11.6. The van der Waals surface area contributed by atoms with E-state index in [-0.39, 0.29) is 11.9 Å². The summed E-state index contributed by atoms with van der Waals surface area (Å²) in [6.45, 7) is 3.53. The van der Waals surface area contributed by atoms with Crippen LogP contribution in [-0.2, 0) is 16.0 Å². The predicted molar refractivity (Wildman–Crippen MR) is 86.4 cm³/mol. The Morgan fingerprint density at radius 1 is 1.33 bits per heavy atom. The summed E-state index contributed by atoms with van der Waals surface area (Å²) in [7, 11) is 0. The molecular formula is C18H20N2O4. The molecule has 6 heteroatoms. The quantitative estimate of drug-likeness (QED) is 0.825. The van der Waals surface area contributed by atoms with Gasteiger partial charge in [0.2, 0.25) is 6.10 Å². The Kier molecular flexibility index (Phi) is 4.64. The maximum absolute atomic E-state index is 12.6. The highest BCUT2D eigenvalue weighted by molar-refractivity contribution is 5.94. The fourth-order valence-corrected chi connectivity index (χ4v) is 2.49. The fourth-order valence-electron chi connectivity index (χ4n) is 2.49. The molecule has 0 bridgehead atoms. The molecule has 126 valence electrons. The number of esters is 1. The van der Waals surface area contributed by atoms with Crippen LogP contribution in [0.5, 0.6) is 0 Å². The van der Waals surface area contributed by atoms with Crippen molar-refractivity contribution >= 4 is 11.9 Å². The van der Waals surface area contributed by atoms with Gasteiger partial charge in [0, 0.05) is 11.6 Å².